The summed E-state index contributed by atoms with van der Waals surface area (Å²) in [5.41, 5.74) is 3.27. The van der Waals surface area contributed by atoms with Gasteiger partial charge in [0.15, 0.2) is 0 Å². The van der Waals surface area contributed by atoms with Crippen molar-refractivity contribution >= 4 is 11.7 Å². The van der Waals surface area contributed by atoms with E-state index in [0.717, 1.165) is 11.3 Å². The lowest BCUT2D eigenvalue weighted by Gasteiger charge is -2.37. The number of allylic oxidation sites excluding steroid dienone is 2. The van der Waals surface area contributed by atoms with Crippen molar-refractivity contribution in [1.29, 1.82) is 0 Å². The van der Waals surface area contributed by atoms with Gasteiger partial charge in [0.25, 0.3) is 0 Å². The SMILES string of the molecule is Cc1ccc([C@@H]2[C@H]3C(=O)C[C@H](C)C=C3Nc3ncnn32)cc1. The fourth-order valence-corrected chi connectivity index (χ4v) is 3.46. The molecule has 0 unspecified atom stereocenters. The van der Waals surface area contributed by atoms with Gasteiger partial charge < -0.3 is 5.32 Å². The van der Waals surface area contributed by atoms with Gasteiger partial charge in [-0.3, -0.25) is 4.79 Å². The van der Waals surface area contributed by atoms with Gasteiger partial charge in [0.05, 0.1) is 12.0 Å². The van der Waals surface area contributed by atoms with Crippen LogP contribution < -0.4 is 5.32 Å². The number of aromatic nitrogens is 3. The smallest absolute Gasteiger partial charge is 0.226 e. The van der Waals surface area contributed by atoms with E-state index in [2.05, 4.69) is 59.6 Å². The lowest BCUT2D eigenvalue weighted by atomic mass is 9.78. The van der Waals surface area contributed by atoms with Gasteiger partial charge in [0.2, 0.25) is 5.95 Å². The molecule has 4 rings (SSSR count). The molecule has 3 atom stereocenters. The molecule has 22 heavy (non-hydrogen) atoms. The fourth-order valence-electron chi connectivity index (χ4n) is 3.46. The second kappa shape index (κ2) is 4.80. The summed E-state index contributed by atoms with van der Waals surface area (Å²) in [5, 5.41) is 7.63. The number of nitrogens with one attached hydrogen (secondary N) is 1. The average Bonchev–Trinajstić information content (AvgIpc) is 2.93. The maximum absolute atomic E-state index is 12.7. The van der Waals surface area contributed by atoms with E-state index in [1.165, 1.54) is 11.9 Å². The lowest BCUT2D eigenvalue weighted by Crippen LogP contribution is -2.40. The van der Waals surface area contributed by atoms with E-state index < -0.39 is 0 Å². The minimum atomic E-state index is -0.201. The van der Waals surface area contributed by atoms with Crippen LogP contribution in [0.5, 0.6) is 0 Å². The molecule has 0 saturated heterocycles. The summed E-state index contributed by atoms with van der Waals surface area (Å²) in [4.78, 5) is 17.0. The minimum Gasteiger partial charge on any atom is -0.328 e. The van der Waals surface area contributed by atoms with Crippen molar-refractivity contribution in [2.24, 2.45) is 11.8 Å². The van der Waals surface area contributed by atoms with Gasteiger partial charge in [-0.15, -0.1) is 0 Å². The predicted molar refractivity (Wildman–Crippen MR) is 83.3 cm³/mol. The van der Waals surface area contributed by atoms with E-state index >= 15 is 0 Å². The molecule has 1 aromatic heterocycles. The summed E-state index contributed by atoms with van der Waals surface area (Å²) in [5.74, 6) is 1.03. The first-order chi connectivity index (χ1) is 10.6. The van der Waals surface area contributed by atoms with E-state index in [-0.39, 0.29) is 23.7 Å². The summed E-state index contributed by atoms with van der Waals surface area (Å²) in [6.07, 6.45) is 4.28. The first-order valence-electron chi connectivity index (χ1n) is 7.61. The van der Waals surface area contributed by atoms with Crippen LogP contribution in [-0.2, 0) is 4.79 Å². The molecule has 0 saturated carbocycles. The number of anilines is 1. The Bertz CT molecular complexity index is 759. The molecule has 1 aromatic carbocycles. The van der Waals surface area contributed by atoms with Crippen molar-refractivity contribution in [1.82, 2.24) is 14.8 Å². The Morgan fingerprint density at radius 3 is 2.82 bits per heavy atom. The predicted octanol–water partition coefficient (Wildman–Crippen LogP) is 2.71. The van der Waals surface area contributed by atoms with Gasteiger partial charge in [-0.2, -0.15) is 10.1 Å². The molecule has 2 aliphatic rings. The molecule has 0 radical (unpaired) electrons. The molecule has 5 heteroatoms. The zero-order chi connectivity index (χ0) is 15.3. The minimum absolute atomic E-state index is 0.120. The third kappa shape index (κ3) is 1.96. The molecule has 1 aliphatic carbocycles. The molecule has 2 aromatic rings. The van der Waals surface area contributed by atoms with Crippen LogP contribution in [0.1, 0.15) is 30.5 Å². The number of fused-ring (bicyclic) bond motifs is 2. The van der Waals surface area contributed by atoms with E-state index in [4.69, 9.17) is 0 Å². The van der Waals surface area contributed by atoms with Gasteiger partial charge in [-0.1, -0.05) is 42.8 Å². The Morgan fingerprint density at radius 2 is 2.05 bits per heavy atom. The van der Waals surface area contributed by atoms with Crippen LogP contribution in [0.3, 0.4) is 0 Å². The number of Topliss-reactive ketones (excluding diaryl/α,β-unsaturated/α-hetero) is 1. The summed E-state index contributed by atoms with van der Waals surface area (Å²) in [7, 11) is 0. The van der Waals surface area contributed by atoms with Crippen molar-refractivity contribution in [3.8, 4) is 0 Å². The molecule has 0 fully saturated rings. The van der Waals surface area contributed by atoms with Gasteiger partial charge >= 0.3 is 0 Å². The molecular formula is C17H18N4O. The van der Waals surface area contributed by atoms with Gasteiger partial charge in [0.1, 0.15) is 12.1 Å². The van der Waals surface area contributed by atoms with Crippen LogP contribution >= 0.6 is 0 Å². The van der Waals surface area contributed by atoms with Gasteiger partial charge in [0, 0.05) is 12.1 Å². The van der Waals surface area contributed by atoms with Crippen LogP contribution in [0.15, 0.2) is 42.4 Å². The van der Waals surface area contributed by atoms with Crippen LogP contribution in [0.2, 0.25) is 0 Å². The molecule has 1 aliphatic heterocycles. The quantitative estimate of drug-likeness (QED) is 0.878. The molecule has 1 N–H and O–H groups in total. The normalized spacial score (nSPS) is 26.7. The monoisotopic (exact) mass is 294 g/mol. The molecule has 0 bridgehead atoms. The average molecular weight is 294 g/mol. The number of aryl methyl sites for hydroxylation is 1. The van der Waals surface area contributed by atoms with Crippen LogP contribution in [0.4, 0.5) is 5.95 Å². The maximum Gasteiger partial charge on any atom is 0.226 e. The Labute approximate surface area is 129 Å². The number of carbonyl (C=O) groups excluding carboxylic acids is 1. The highest BCUT2D eigenvalue weighted by molar-refractivity contribution is 5.87. The number of nitrogens with zero attached hydrogens (tertiary/aromatic N) is 3. The topological polar surface area (TPSA) is 59.8 Å². The van der Waals surface area contributed by atoms with Crippen LogP contribution in [0, 0.1) is 18.8 Å². The number of hydrogen-bond donors (Lipinski definition) is 1. The van der Waals surface area contributed by atoms with Crippen LogP contribution in [0.25, 0.3) is 0 Å². The Morgan fingerprint density at radius 1 is 1.27 bits per heavy atom. The third-order valence-corrected chi connectivity index (χ3v) is 4.50. The largest absolute Gasteiger partial charge is 0.328 e. The Hall–Kier alpha value is -2.43. The molecule has 0 amide bonds. The molecule has 0 spiro atoms. The first-order valence-corrected chi connectivity index (χ1v) is 7.61. The summed E-state index contributed by atoms with van der Waals surface area (Å²) >= 11 is 0. The number of carbonyl (C=O) groups is 1. The van der Waals surface area contributed by atoms with E-state index in [0.29, 0.717) is 12.4 Å². The molecular weight excluding hydrogens is 276 g/mol. The van der Waals surface area contributed by atoms with Gasteiger partial charge in [-0.25, -0.2) is 4.68 Å². The van der Waals surface area contributed by atoms with E-state index in [9.17, 15) is 4.79 Å². The summed E-state index contributed by atoms with van der Waals surface area (Å²) in [6.45, 7) is 4.13. The molecule has 2 heterocycles. The van der Waals surface area contributed by atoms with Crippen LogP contribution in [-0.4, -0.2) is 20.5 Å². The second-order valence-corrected chi connectivity index (χ2v) is 6.26. The van der Waals surface area contributed by atoms with E-state index in [1.54, 1.807) is 0 Å². The van der Waals surface area contributed by atoms with Crippen molar-refractivity contribution in [3.63, 3.8) is 0 Å². The van der Waals surface area contributed by atoms with E-state index in [1.807, 2.05) is 4.68 Å². The summed E-state index contributed by atoms with van der Waals surface area (Å²) < 4.78 is 1.83. The maximum atomic E-state index is 12.7. The Balaban J connectivity index is 1.88. The summed E-state index contributed by atoms with van der Waals surface area (Å²) in [6, 6.07) is 8.20. The Kier molecular flexibility index (Phi) is 2.89. The van der Waals surface area contributed by atoms with Crippen molar-refractivity contribution < 1.29 is 4.79 Å². The highest BCUT2D eigenvalue weighted by Gasteiger charge is 2.42. The number of rotatable bonds is 1. The first kappa shape index (κ1) is 13.2. The fraction of sp³-hybridized carbons (Fsp3) is 0.353. The molecule has 112 valence electrons. The number of hydrogen-bond acceptors (Lipinski definition) is 4. The lowest BCUT2D eigenvalue weighted by molar-refractivity contribution is -0.123. The standard InChI is InChI=1S/C17H18N4O/c1-10-3-5-12(6-4-10)16-15-13(7-11(2)8-14(15)22)20-17-18-9-19-21(16)17/h3-7,9,11,15-16H,8H2,1-2H3,(H,18,19,20)/t11-,15-,16-/m1/s1. The number of ketones is 1. The highest BCUT2D eigenvalue weighted by Crippen LogP contribution is 2.41. The van der Waals surface area contributed by atoms with Crippen molar-refractivity contribution in [2.45, 2.75) is 26.3 Å². The zero-order valence-corrected chi connectivity index (χ0v) is 12.7. The second-order valence-electron chi connectivity index (χ2n) is 6.26. The molecule has 5 nitrogen and oxygen atoms in total. The third-order valence-electron chi connectivity index (χ3n) is 4.50. The van der Waals surface area contributed by atoms with Crippen molar-refractivity contribution in [2.75, 3.05) is 5.32 Å². The number of benzene rings is 1. The van der Waals surface area contributed by atoms with Crippen molar-refractivity contribution in [3.05, 3.63) is 53.5 Å². The van der Waals surface area contributed by atoms with Gasteiger partial charge in [-0.05, 0) is 18.4 Å². The highest BCUT2D eigenvalue weighted by atomic mass is 16.1. The zero-order valence-electron chi connectivity index (χ0n) is 12.7.